The Morgan fingerprint density at radius 1 is 1.00 bits per heavy atom. The van der Waals surface area contributed by atoms with Crippen molar-refractivity contribution in [2.45, 2.75) is 0 Å². The van der Waals surface area contributed by atoms with E-state index in [-0.39, 0.29) is 11.5 Å². The summed E-state index contributed by atoms with van der Waals surface area (Å²) in [5.41, 5.74) is 7.08. The number of hydrogen-bond acceptors (Lipinski definition) is 2. The summed E-state index contributed by atoms with van der Waals surface area (Å²) in [6, 6.07) is 11.7. The maximum absolute atomic E-state index is 12.0. The smallest absolute Gasteiger partial charge is 0.258 e. The van der Waals surface area contributed by atoms with Crippen LogP contribution in [0, 0.1) is 0 Å². The minimum atomic E-state index is -0.352. The van der Waals surface area contributed by atoms with Gasteiger partial charge in [-0.1, -0.05) is 29.3 Å². The number of amides is 1. The number of rotatable bonds is 2. The molecule has 0 aliphatic heterocycles. The van der Waals surface area contributed by atoms with Gasteiger partial charge in [-0.2, -0.15) is 0 Å². The molecule has 0 saturated carbocycles. The van der Waals surface area contributed by atoms with E-state index in [4.69, 9.17) is 28.9 Å². The zero-order valence-corrected chi connectivity index (χ0v) is 10.8. The van der Waals surface area contributed by atoms with E-state index in [1.54, 1.807) is 42.5 Å². The van der Waals surface area contributed by atoms with Gasteiger partial charge in [0.15, 0.2) is 0 Å². The van der Waals surface area contributed by atoms with Gasteiger partial charge in [-0.05, 0) is 36.4 Å². The van der Waals surface area contributed by atoms with Gasteiger partial charge in [0.2, 0.25) is 0 Å². The van der Waals surface area contributed by atoms with Crippen molar-refractivity contribution in [1.29, 1.82) is 0 Å². The number of nitrogens with one attached hydrogen (secondary N) is 1. The normalized spacial score (nSPS) is 10.1. The fourth-order valence-electron chi connectivity index (χ4n) is 1.47. The molecule has 0 heterocycles. The van der Waals surface area contributed by atoms with Gasteiger partial charge in [-0.15, -0.1) is 0 Å². The van der Waals surface area contributed by atoms with Gasteiger partial charge in [0.25, 0.3) is 5.91 Å². The summed E-state index contributed by atoms with van der Waals surface area (Å²) in [6.07, 6.45) is 0. The van der Waals surface area contributed by atoms with Crippen molar-refractivity contribution < 1.29 is 4.79 Å². The van der Waals surface area contributed by atoms with Crippen LogP contribution in [-0.4, -0.2) is 5.91 Å². The SMILES string of the molecule is Nc1ccc(NC(=O)c2c(Cl)cccc2Cl)cc1. The Morgan fingerprint density at radius 2 is 1.56 bits per heavy atom. The van der Waals surface area contributed by atoms with Gasteiger partial charge in [0.1, 0.15) is 0 Å². The highest BCUT2D eigenvalue weighted by atomic mass is 35.5. The summed E-state index contributed by atoms with van der Waals surface area (Å²) in [5, 5.41) is 3.33. The van der Waals surface area contributed by atoms with E-state index < -0.39 is 0 Å². The van der Waals surface area contributed by atoms with E-state index in [9.17, 15) is 4.79 Å². The largest absolute Gasteiger partial charge is 0.399 e. The number of benzene rings is 2. The second kappa shape index (κ2) is 5.29. The monoisotopic (exact) mass is 280 g/mol. The van der Waals surface area contributed by atoms with Crippen molar-refractivity contribution in [3.63, 3.8) is 0 Å². The lowest BCUT2D eigenvalue weighted by Crippen LogP contribution is -2.13. The summed E-state index contributed by atoms with van der Waals surface area (Å²) in [4.78, 5) is 12.0. The highest BCUT2D eigenvalue weighted by Gasteiger charge is 2.14. The van der Waals surface area contributed by atoms with Gasteiger partial charge >= 0.3 is 0 Å². The third kappa shape index (κ3) is 2.75. The Bertz CT molecular complexity index is 562. The number of carbonyl (C=O) groups is 1. The first-order valence-corrected chi connectivity index (χ1v) is 5.94. The molecular weight excluding hydrogens is 271 g/mol. The molecule has 0 spiro atoms. The molecule has 5 heteroatoms. The van der Waals surface area contributed by atoms with E-state index >= 15 is 0 Å². The molecule has 2 rings (SSSR count). The molecule has 0 saturated heterocycles. The molecule has 0 radical (unpaired) electrons. The van der Waals surface area contributed by atoms with Crippen LogP contribution in [0.3, 0.4) is 0 Å². The highest BCUT2D eigenvalue weighted by molar-refractivity contribution is 6.40. The lowest BCUT2D eigenvalue weighted by molar-refractivity contribution is 0.102. The van der Waals surface area contributed by atoms with Gasteiger partial charge in [0, 0.05) is 11.4 Å². The molecule has 0 aromatic heterocycles. The lowest BCUT2D eigenvalue weighted by atomic mass is 10.2. The number of nitrogen functional groups attached to an aromatic ring is 1. The zero-order valence-electron chi connectivity index (χ0n) is 9.28. The number of anilines is 2. The number of nitrogens with two attached hydrogens (primary N) is 1. The second-order valence-electron chi connectivity index (χ2n) is 3.67. The quantitative estimate of drug-likeness (QED) is 0.822. The summed E-state index contributed by atoms with van der Waals surface area (Å²) >= 11 is 11.9. The Kier molecular flexibility index (Phi) is 3.75. The van der Waals surface area contributed by atoms with Crippen LogP contribution in [0.5, 0.6) is 0 Å². The summed E-state index contributed by atoms with van der Waals surface area (Å²) in [7, 11) is 0. The molecule has 2 aromatic carbocycles. The van der Waals surface area contributed by atoms with E-state index in [0.29, 0.717) is 21.4 Å². The maximum Gasteiger partial charge on any atom is 0.258 e. The van der Waals surface area contributed by atoms with E-state index in [2.05, 4.69) is 5.32 Å². The number of hydrogen-bond donors (Lipinski definition) is 2. The van der Waals surface area contributed by atoms with Crippen LogP contribution in [0.2, 0.25) is 10.0 Å². The molecular formula is C13H10Cl2N2O. The molecule has 2 aromatic rings. The van der Waals surface area contributed by atoms with Gasteiger partial charge in [-0.3, -0.25) is 4.79 Å². The molecule has 3 N–H and O–H groups in total. The Morgan fingerprint density at radius 3 is 2.11 bits per heavy atom. The molecule has 18 heavy (non-hydrogen) atoms. The van der Waals surface area contributed by atoms with Gasteiger partial charge in [0.05, 0.1) is 15.6 Å². The Balaban J connectivity index is 2.25. The van der Waals surface area contributed by atoms with E-state index in [1.807, 2.05) is 0 Å². The average Bonchev–Trinajstić information content (AvgIpc) is 2.32. The van der Waals surface area contributed by atoms with Crippen LogP contribution in [0.1, 0.15) is 10.4 Å². The first kappa shape index (κ1) is 12.7. The minimum Gasteiger partial charge on any atom is -0.399 e. The predicted octanol–water partition coefficient (Wildman–Crippen LogP) is 3.83. The van der Waals surface area contributed by atoms with Crippen molar-refractivity contribution in [1.82, 2.24) is 0 Å². The molecule has 0 aliphatic carbocycles. The molecule has 92 valence electrons. The van der Waals surface area contributed by atoms with Crippen LogP contribution in [0.15, 0.2) is 42.5 Å². The molecule has 0 atom stereocenters. The summed E-state index contributed by atoms with van der Waals surface area (Å²) < 4.78 is 0. The number of carbonyl (C=O) groups excluding carboxylic acids is 1. The summed E-state index contributed by atoms with van der Waals surface area (Å²) in [5.74, 6) is -0.352. The number of halogens is 2. The third-order valence-electron chi connectivity index (χ3n) is 2.36. The van der Waals surface area contributed by atoms with E-state index in [0.717, 1.165) is 0 Å². The highest BCUT2D eigenvalue weighted by Crippen LogP contribution is 2.25. The van der Waals surface area contributed by atoms with Crippen LogP contribution >= 0.6 is 23.2 Å². The van der Waals surface area contributed by atoms with E-state index in [1.165, 1.54) is 0 Å². The van der Waals surface area contributed by atoms with Crippen LogP contribution in [0.25, 0.3) is 0 Å². The molecule has 3 nitrogen and oxygen atoms in total. The average molecular weight is 281 g/mol. The zero-order chi connectivity index (χ0) is 13.1. The second-order valence-corrected chi connectivity index (χ2v) is 4.49. The fraction of sp³-hybridized carbons (Fsp3) is 0. The van der Waals surface area contributed by atoms with Gasteiger partial charge in [-0.25, -0.2) is 0 Å². The standard InChI is InChI=1S/C13H10Cl2N2O/c14-10-2-1-3-11(15)12(10)13(18)17-9-6-4-8(16)5-7-9/h1-7H,16H2,(H,17,18). The minimum absolute atomic E-state index is 0.262. The Labute approximate surface area is 115 Å². The first-order valence-electron chi connectivity index (χ1n) is 5.19. The fourth-order valence-corrected chi connectivity index (χ4v) is 2.04. The Hall–Kier alpha value is -1.71. The van der Waals surface area contributed by atoms with Crippen LogP contribution < -0.4 is 11.1 Å². The summed E-state index contributed by atoms with van der Waals surface area (Å²) in [6.45, 7) is 0. The molecule has 0 bridgehead atoms. The predicted molar refractivity (Wildman–Crippen MR) is 75.3 cm³/mol. The van der Waals surface area contributed by atoms with Crippen molar-refractivity contribution >= 4 is 40.5 Å². The molecule has 0 fully saturated rings. The van der Waals surface area contributed by atoms with Crippen molar-refractivity contribution in [2.75, 3.05) is 11.1 Å². The maximum atomic E-state index is 12.0. The van der Waals surface area contributed by atoms with Crippen LogP contribution in [0.4, 0.5) is 11.4 Å². The topological polar surface area (TPSA) is 55.1 Å². The van der Waals surface area contributed by atoms with Crippen molar-refractivity contribution in [3.05, 3.63) is 58.1 Å². The first-order chi connectivity index (χ1) is 8.58. The van der Waals surface area contributed by atoms with Crippen molar-refractivity contribution in [3.8, 4) is 0 Å². The molecule has 0 aliphatic rings. The van der Waals surface area contributed by atoms with Crippen molar-refractivity contribution in [2.24, 2.45) is 0 Å². The third-order valence-corrected chi connectivity index (χ3v) is 2.99. The molecule has 0 unspecified atom stereocenters. The molecule has 1 amide bonds. The lowest BCUT2D eigenvalue weighted by Gasteiger charge is -2.08. The van der Waals surface area contributed by atoms with Gasteiger partial charge < -0.3 is 11.1 Å². The van der Waals surface area contributed by atoms with Crippen LogP contribution in [-0.2, 0) is 0 Å².